The molecular weight excluding hydrogens is 424 g/mol. The molecule has 8 heteroatoms. The topological polar surface area (TPSA) is 151 Å². The molecule has 0 fully saturated rings. The van der Waals surface area contributed by atoms with Crippen LogP contribution in [0, 0.1) is 0 Å². The van der Waals surface area contributed by atoms with Gasteiger partial charge in [0.15, 0.2) is 0 Å². The Hall–Kier alpha value is -4.98. The number of nitrogens with one attached hydrogen (secondary N) is 1. The summed E-state index contributed by atoms with van der Waals surface area (Å²) in [7, 11) is 0. The number of hydrogen-bond donors (Lipinski definition) is 5. The lowest BCUT2D eigenvalue weighted by Gasteiger charge is -2.03. The molecule has 0 amide bonds. The summed E-state index contributed by atoms with van der Waals surface area (Å²) in [6.07, 6.45) is 5.67. The predicted molar refractivity (Wildman–Crippen MR) is 140 cm³/mol. The third kappa shape index (κ3) is 3.08. The standard InChI is InChI=1S/C26H22N8/c27-20-12-19-11-17-7-6-15(31-17)10-16-8-9-18(32-16)13-21-22(14-4-2-1-3-5-14)23(28)26(34(21)30)24(29)25(20)33-19/h1-13,31H,27-30H2. The first-order valence-corrected chi connectivity index (χ1v) is 10.8. The van der Waals surface area contributed by atoms with Crippen LogP contribution < -0.4 is 23.0 Å². The number of aromatic amines is 1. The van der Waals surface area contributed by atoms with E-state index in [9.17, 15) is 0 Å². The Morgan fingerprint density at radius 3 is 2.15 bits per heavy atom. The number of anilines is 2. The van der Waals surface area contributed by atoms with E-state index in [0.717, 1.165) is 33.5 Å². The molecule has 2 aliphatic heterocycles. The summed E-state index contributed by atoms with van der Waals surface area (Å²) in [5, 5.41) is 0. The Labute approximate surface area is 194 Å². The van der Waals surface area contributed by atoms with E-state index in [2.05, 4.69) is 9.97 Å². The molecule has 8 nitrogen and oxygen atoms in total. The van der Waals surface area contributed by atoms with Crippen LogP contribution in [0.2, 0.25) is 0 Å². The number of nitrogen functional groups attached to an aromatic ring is 3. The molecule has 9 N–H and O–H groups in total. The van der Waals surface area contributed by atoms with Gasteiger partial charge in [0, 0.05) is 16.6 Å². The molecule has 0 aliphatic carbocycles. The summed E-state index contributed by atoms with van der Waals surface area (Å²) in [5.74, 6) is 6.61. The highest BCUT2D eigenvalue weighted by Crippen LogP contribution is 2.39. The van der Waals surface area contributed by atoms with Crippen LogP contribution in [0.25, 0.3) is 57.1 Å². The number of nitrogens with zero attached hydrogens (tertiary/aromatic N) is 3. The average molecular weight is 447 g/mol. The fourth-order valence-corrected chi connectivity index (χ4v) is 4.42. The quantitative estimate of drug-likeness (QED) is 0.246. The molecule has 34 heavy (non-hydrogen) atoms. The third-order valence-corrected chi connectivity index (χ3v) is 5.98. The smallest absolute Gasteiger partial charge is 0.112 e. The molecule has 0 saturated carbocycles. The van der Waals surface area contributed by atoms with Gasteiger partial charge in [-0.15, -0.1) is 0 Å². The molecule has 4 aromatic rings. The molecule has 0 radical (unpaired) electrons. The van der Waals surface area contributed by atoms with E-state index in [0.29, 0.717) is 39.5 Å². The van der Waals surface area contributed by atoms with Crippen molar-refractivity contribution in [1.29, 1.82) is 0 Å². The van der Waals surface area contributed by atoms with Crippen molar-refractivity contribution in [1.82, 2.24) is 19.6 Å². The zero-order valence-corrected chi connectivity index (χ0v) is 18.2. The molecule has 2 aliphatic rings. The lowest BCUT2D eigenvalue weighted by Crippen LogP contribution is -2.10. The summed E-state index contributed by atoms with van der Waals surface area (Å²) in [5.41, 5.74) is 28.1. The fraction of sp³-hybridized carbons (Fsp3) is 0. The number of fused-ring (bicyclic) bond motifs is 8. The summed E-state index contributed by atoms with van der Waals surface area (Å²) in [6, 6.07) is 19.5. The van der Waals surface area contributed by atoms with Crippen LogP contribution in [0.15, 0.2) is 60.7 Å². The van der Waals surface area contributed by atoms with E-state index in [-0.39, 0.29) is 0 Å². The highest BCUT2D eigenvalue weighted by Gasteiger charge is 2.20. The van der Waals surface area contributed by atoms with Gasteiger partial charge in [-0.05, 0) is 54.1 Å². The maximum atomic E-state index is 6.68. The van der Waals surface area contributed by atoms with Crippen LogP contribution in [0.5, 0.6) is 0 Å². The number of benzene rings is 1. The SMILES string of the molecule is NC1=Cc2cc3ccc(cc4nc(cc5c(-c6ccccc6)c(N)c(c(N)c1n2)n5N)C=C4)[nH]3. The molecular formula is C26H22N8. The minimum atomic E-state index is 0.303. The maximum Gasteiger partial charge on any atom is 0.112 e. The first-order valence-electron chi connectivity index (χ1n) is 10.8. The van der Waals surface area contributed by atoms with E-state index in [4.69, 9.17) is 28.0 Å². The van der Waals surface area contributed by atoms with Crippen LogP contribution in [0.1, 0.15) is 22.8 Å². The zero-order chi connectivity index (χ0) is 23.4. The van der Waals surface area contributed by atoms with Gasteiger partial charge in [0.25, 0.3) is 0 Å². The number of hydrogen-bond acceptors (Lipinski definition) is 6. The van der Waals surface area contributed by atoms with E-state index in [1.165, 1.54) is 4.68 Å². The Morgan fingerprint density at radius 2 is 1.41 bits per heavy atom. The molecule has 166 valence electrons. The summed E-state index contributed by atoms with van der Waals surface area (Å²) in [6.45, 7) is 0. The van der Waals surface area contributed by atoms with Crippen LogP contribution in [0.4, 0.5) is 11.4 Å². The number of aromatic nitrogens is 4. The van der Waals surface area contributed by atoms with Crippen LogP contribution in [-0.4, -0.2) is 19.6 Å². The zero-order valence-electron chi connectivity index (χ0n) is 18.2. The van der Waals surface area contributed by atoms with Crippen molar-refractivity contribution < 1.29 is 0 Å². The van der Waals surface area contributed by atoms with Crippen molar-refractivity contribution in [2.45, 2.75) is 0 Å². The predicted octanol–water partition coefficient (Wildman–Crippen LogP) is 3.96. The molecule has 0 atom stereocenters. The van der Waals surface area contributed by atoms with Crippen molar-refractivity contribution in [2.24, 2.45) is 5.73 Å². The van der Waals surface area contributed by atoms with Crippen LogP contribution in [-0.2, 0) is 0 Å². The summed E-state index contributed by atoms with van der Waals surface area (Å²) < 4.78 is 1.49. The average Bonchev–Trinajstić information content (AvgIpc) is 3.58. The van der Waals surface area contributed by atoms with Crippen molar-refractivity contribution in [3.8, 4) is 11.1 Å². The van der Waals surface area contributed by atoms with Gasteiger partial charge in [0.05, 0.1) is 39.7 Å². The van der Waals surface area contributed by atoms with E-state index < -0.39 is 0 Å². The van der Waals surface area contributed by atoms with E-state index in [1.54, 1.807) is 6.08 Å². The van der Waals surface area contributed by atoms with Gasteiger partial charge >= 0.3 is 0 Å². The van der Waals surface area contributed by atoms with Gasteiger partial charge < -0.3 is 28.0 Å². The molecule has 0 unspecified atom stereocenters. The number of nitrogens with two attached hydrogens (primary N) is 4. The molecule has 3 aromatic heterocycles. The van der Waals surface area contributed by atoms with Gasteiger partial charge in [0.1, 0.15) is 11.2 Å². The lowest BCUT2D eigenvalue weighted by molar-refractivity contribution is 1.11. The van der Waals surface area contributed by atoms with Crippen LogP contribution >= 0.6 is 0 Å². The van der Waals surface area contributed by atoms with Crippen molar-refractivity contribution >= 4 is 57.4 Å². The van der Waals surface area contributed by atoms with Crippen molar-refractivity contribution in [2.75, 3.05) is 17.3 Å². The molecule has 6 rings (SSSR count). The summed E-state index contributed by atoms with van der Waals surface area (Å²) >= 11 is 0. The Morgan fingerprint density at radius 1 is 0.735 bits per heavy atom. The van der Waals surface area contributed by atoms with E-state index in [1.807, 2.05) is 72.8 Å². The second-order valence-electron chi connectivity index (χ2n) is 8.25. The number of H-pyrrole nitrogens is 1. The van der Waals surface area contributed by atoms with Gasteiger partial charge in [-0.2, -0.15) is 0 Å². The first-order chi connectivity index (χ1) is 16.5. The second kappa shape index (κ2) is 7.28. The molecule has 1 aromatic carbocycles. The monoisotopic (exact) mass is 446 g/mol. The second-order valence-corrected chi connectivity index (χ2v) is 8.25. The normalized spacial score (nSPS) is 12.6. The Balaban J connectivity index is 1.81. The minimum absolute atomic E-state index is 0.303. The van der Waals surface area contributed by atoms with Crippen molar-refractivity contribution in [3.63, 3.8) is 0 Å². The maximum absolute atomic E-state index is 6.68. The van der Waals surface area contributed by atoms with Gasteiger partial charge in [0.2, 0.25) is 0 Å². The molecule has 0 spiro atoms. The fourth-order valence-electron chi connectivity index (χ4n) is 4.42. The summed E-state index contributed by atoms with van der Waals surface area (Å²) in [4.78, 5) is 12.7. The van der Waals surface area contributed by atoms with Gasteiger partial charge in [-0.1, -0.05) is 30.3 Å². The molecule has 5 heterocycles. The van der Waals surface area contributed by atoms with Crippen molar-refractivity contribution in [3.05, 3.63) is 83.4 Å². The number of rotatable bonds is 1. The first kappa shape index (κ1) is 19.7. The van der Waals surface area contributed by atoms with Crippen LogP contribution in [0.3, 0.4) is 0 Å². The third-order valence-electron chi connectivity index (χ3n) is 5.98. The molecule has 0 saturated heterocycles. The van der Waals surface area contributed by atoms with E-state index >= 15 is 0 Å². The molecule has 8 bridgehead atoms. The Bertz CT molecular complexity index is 1690. The largest absolute Gasteiger partial charge is 0.397 e. The minimum Gasteiger partial charge on any atom is -0.397 e. The highest BCUT2D eigenvalue weighted by molar-refractivity contribution is 6.06. The van der Waals surface area contributed by atoms with Gasteiger partial charge in [-0.3, -0.25) is 4.68 Å². The lowest BCUT2D eigenvalue weighted by atomic mass is 10.0. The highest BCUT2D eigenvalue weighted by atomic mass is 15.3. The van der Waals surface area contributed by atoms with Gasteiger partial charge in [-0.25, -0.2) is 9.97 Å². The Kier molecular flexibility index (Phi) is 4.21.